The van der Waals surface area contributed by atoms with Gasteiger partial charge in [-0.1, -0.05) is 60.7 Å². The Morgan fingerprint density at radius 2 is 1.09 bits per heavy atom. The third-order valence-corrected chi connectivity index (χ3v) is 6.29. The first-order valence-electron chi connectivity index (χ1n) is 12.0. The van der Waals surface area contributed by atoms with Gasteiger partial charge in [-0.05, 0) is 70.3 Å². The van der Waals surface area contributed by atoms with Gasteiger partial charge in [0.05, 0.1) is 0 Å². The van der Waals surface area contributed by atoms with Crippen LogP contribution in [0.2, 0.25) is 0 Å². The molecule has 0 bridgehead atoms. The lowest BCUT2D eigenvalue weighted by Crippen LogP contribution is -2.11. The maximum Gasteiger partial charge on any atom is 0.0441 e. The first-order chi connectivity index (χ1) is 16.8. The van der Waals surface area contributed by atoms with E-state index in [-0.39, 0.29) is 0 Å². The fraction of sp³-hybridized carbons (Fsp3) is 0.188. The molecule has 0 fully saturated rings. The second-order valence-electron chi connectivity index (χ2n) is 9.48. The van der Waals surface area contributed by atoms with E-state index >= 15 is 0 Å². The highest BCUT2D eigenvalue weighted by Crippen LogP contribution is 2.37. The van der Waals surface area contributed by atoms with Gasteiger partial charge in [-0.3, -0.25) is 0 Å². The third-order valence-electron chi connectivity index (χ3n) is 6.29. The molecular weight excluding hydrogens is 426 g/mol. The van der Waals surface area contributed by atoms with Crippen molar-refractivity contribution in [3.63, 3.8) is 0 Å². The van der Waals surface area contributed by atoms with Crippen molar-refractivity contribution in [2.45, 2.75) is 0 Å². The van der Waals surface area contributed by atoms with Gasteiger partial charge in [-0.15, -0.1) is 0 Å². The summed E-state index contributed by atoms with van der Waals surface area (Å²) in [6.45, 7) is 0. The Hall–Kier alpha value is -3.98. The molecule has 0 radical (unpaired) electrons. The third kappa shape index (κ3) is 5.58. The van der Waals surface area contributed by atoms with E-state index in [4.69, 9.17) is 0 Å². The minimum atomic E-state index is 1.18. The summed E-state index contributed by atoms with van der Waals surface area (Å²) in [6, 6.07) is 34.9. The van der Waals surface area contributed by atoms with Gasteiger partial charge in [-0.2, -0.15) is 0 Å². The van der Waals surface area contributed by atoms with E-state index in [9.17, 15) is 0 Å². The molecule has 0 aliphatic heterocycles. The van der Waals surface area contributed by atoms with E-state index in [1.54, 1.807) is 0 Å². The molecule has 0 unspecified atom stereocenters. The molecule has 35 heavy (non-hydrogen) atoms. The van der Waals surface area contributed by atoms with Crippen LogP contribution >= 0.6 is 0 Å². The van der Waals surface area contributed by atoms with Crippen molar-refractivity contribution in [3.05, 3.63) is 114 Å². The number of hydrogen-bond donors (Lipinski definition) is 0. The quantitative estimate of drug-likeness (QED) is 0.271. The molecule has 3 heteroatoms. The van der Waals surface area contributed by atoms with Crippen LogP contribution in [0.1, 0.15) is 16.7 Å². The standard InChI is InChI=1S/C32H35N3/c1-33(2)28-17-12-25(13-18-28)27-16-21-32(35(5)6)31(23-27)30(22-24-10-8-7-9-11-24)26-14-19-29(20-15-26)34(3)4/h7-23H,1-6H3/b30-22-. The summed E-state index contributed by atoms with van der Waals surface area (Å²) in [6.07, 6.45) is 2.30. The summed E-state index contributed by atoms with van der Waals surface area (Å²) in [4.78, 5) is 6.46. The summed E-state index contributed by atoms with van der Waals surface area (Å²) < 4.78 is 0. The zero-order valence-corrected chi connectivity index (χ0v) is 21.7. The van der Waals surface area contributed by atoms with Crippen LogP contribution in [0.5, 0.6) is 0 Å². The molecule has 0 aromatic heterocycles. The molecule has 0 heterocycles. The van der Waals surface area contributed by atoms with Gasteiger partial charge >= 0.3 is 0 Å². The van der Waals surface area contributed by atoms with E-state index < -0.39 is 0 Å². The lowest BCUT2D eigenvalue weighted by atomic mass is 9.91. The normalized spacial score (nSPS) is 11.3. The fourth-order valence-electron chi connectivity index (χ4n) is 4.24. The second-order valence-corrected chi connectivity index (χ2v) is 9.48. The number of anilines is 3. The fourth-order valence-corrected chi connectivity index (χ4v) is 4.24. The van der Waals surface area contributed by atoms with Crippen LogP contribution in [0, 0.1) is 0 Å². The van der Waals surface area contributed by atoms with Crippen LogP contribution in [-0.4, -0.2) is 42.3 Å². The summed E-state index contributed by atoms with van der Waals surface area (Å²) in [5, 5.41) is 0. The van der Waals surface area contributed by atoms with Crippen LogP contribution in [0.15, 0.2) is 97.1 Å². The van der Waals surface area contributed by atoms with Crippen molar-refractivity contribution in [1.82, 2.24) is 0 Å². The van der Waals surface area contributed by atoms with Gasteiger partial charge in [0.2, 0.25) is 0 Å². The van der Waals surface area contributed by atoms with Gasteiger partial charge in [0.1, 0.15) is 0 Å². The van der Waals surface area contributed by atoms with Crippen molar-refractivity contribution < 1.29 is 0 Å². The smallest absolute Gasteiger partial charge is 0.0441 e. The van der Waals surface area contributed by atoms with Crippen LogP contribution in [0.4, 0.5) is 17.1 Å². The van der Waals surface area contributed by atoms with Crippen molar-refractivity contribution in [2.75, 3.05) is 57.0 Å². The minimum Gasteiger partial charge on any atom is -0.378 e. The molecule has 178 valence electrons. The Labute approximate surface area is 210 Å². The average molecular weight is 462 g/mol. The van der Waals surface area contributed by atoms with Crippen molar-refractivity contribution in [3.8, 4) is 11.1 Å². The van der Waals surface area contributed by atoms with Crippen LogP contribution in [-0.2, 0) is 0 Å². The minimum absolute atomic E-state index is 1.18. The summed E-state index contributed by atoms with van der Waals surface area (Å²) in [5.41, 5.74) is 10.8. The molecule has 0 N–H and O–H groups in total. The highest BCUT2D eigenvalue weighted by molar-refractivity contribution is 5.97. The average Bonchev–Trinajstić information content (AvgIpc) is 2.87. The van der Waals surface area contributed by atoms with Crippen LogP contribution < -0.4 is 14.7 Å². The van der Waals surface area contributed by atoms with Gasteiger partial charge < -0.3 is 14.7 Å². The van der Waals surface area contributed by atoms with E-state index in [0.717, 1.165) is 0 Å². The Morgan fingerprint density at radius 3 is 1.63 bits per heavy atom. The molecule has 4 aromatic carbocycles. The maximum absolute atomic E-state index is 2.33. The highest BCUT2D eigenvalue weighted by Gasteiger charge is 2.14. The van der Waals surface area contributed by atoms with E-state index in [2.05, 4.69) is 160 Å². The number of benzene rings is 4. The molecule has 0 amide bonds. The molecule has 0 aliphatic carbocycles. The largest absolute Gasteiger partial charge is 0.378 e. The Kier molecular flexibility index (Phi) is 7.26. The number of hydrogen-bond acceptors (Lipinski definition) is 3. The highest BCUT2D eigenvalue weighted by atomic mass is 15.1. The molecular formula is C32H35N3. The van der Waals surface area contributed by atoms with Crippen molar-refractivity contribution >= 4 is 28.7 Å². The first-order valence-corrected chi connectivity index (χ1v) is 12.0. The predicted octanol–water partition coefficient (Wildman–Crippen LogP) is 7.14. The lowest BCUT2D eigenvalue weighted by molar-refractivity contribution is 1.12. The Bertz CT molecular complexity index is 1280. The van der Waals surface area contributed by atoms with Crippen LogP contribution in [0.25, 0.3) is 22.8 Å². The van der Waals surface area contributed by atoms with Crippen molar-refractivity contribution in [1.29, 1.82) is 0 Å². The lowest BCUT2D eigenvalue weighted by Gasteiger charge is -2.22. The van der Waals surface area contributed by atoms with E-state index in [0.29, 0.717) is 0 Å². The molecule has 4 rings (SSSR count). The summed E-state index contributed by atoms with van der Waals surface area (Å²) in [5.74, 6) is 0. The summed E-state index contributed by atoms with van der Waals surface area (Å²) >= 11 is 0. The molecule has 0 atom stereocenters. The first kappa shape index (κ1) is 24.2. The molecule has 0 spiro atoms. The van der Waals surface area contributed by atoms with E-state index in [1.807, 2.05) is 0 Å². The zero-order chi connectivity index (χ0) is 24.9. The Morgan fingerprint density at radius 1 is 0.543 bits per heavy atom. The van der Waals surface area contributed by atoms with Crippen molar-refractivity contribution in [2.24, 2.45) is 0 Å². The molecule has 0 saturated carbocycles. The van der Waals surface area contributed by atoms with Gasteiger partial charge in [0, 0.05) is 64.9 Å². The number of rotatable bonds is 7. The SMILES string of the molecule is CN(C)c1ccc(/C(=C/c2ccccc2)c2cc(-c3ccc(N(C)C)cc3)ccc2N(C)C)cc1. The molecule has 3 nitrogen and oxygen atoms in total. The monoisotopic (exact) mass is 461 g/mol. The number of nitrogens with zero attached hydrogens (tertiary/aromatic N) is 3. The van der Waals surface area contributed by atoms with Gasteiger partial charge in [0.25, 0.3) is 0 Å². The Balaban J connectivity index is 1.89. The second kappa shape index (κ2) is 10.5. The van der Waals surface area contributed by atoms with Gasteiger partial charge in [0.15, 0.2) is 0 Å². The molecule has 0 aliphatic rings. The maximum atomic E-state index is 2.33. The topological polar surface area (TPSA) is 9.72 Å². The predicted molar refractivity (Wildman–Crippen MR) is 155 cm³/mol. The molecule has 0 saturated heterocycles. The van der Waals surface area contributed by atoms with Gasteiger partial charge in [-0.25, -0.2) is 0 Å². The summed E-state index contributed by atoms with van der Waals surface area (Å²) in [7, 11) is 12.5. The zero-order valence-electron chi connectivity index (χ0n) is 21.7. The van der Waals surface area contributed by atoms with E-state index in [1.165, 1.54) is 50.5 Å². The molecule has 4 aromatic rings. The van der Waals surface area contributed by atoms with Crippen LogP contribution in [0.3, 0.4) is 0 Å².